The van der Waals surface area contributed by atoms with Crippen molar-refractivity contribution in [3.8, 4) is 11.5 Å². The normalized spacial score (nSPS) is 18.4. The van der Waals surface area contributed by atoms with E-state index in [1.165, 1.54) is 6.92 Å². The van der Waals surface area contributed by atoms with Crippen LogP contribution in [0.3, 0.4) is 0 Å². The van der Waals surface area contributed by atoms with Gasteiger partial charge in [-0.3, -0.25) is 9.59 Å². The van der Waals surface area contributed by atoms with E-state index >= 15 is 0 Å². The summed E-state index contributed by atoms with van der Waals surface area (Å²) in [6.07, 6.45) is 0.661. The van der Waals surface area contributed by atoms with Gasteiger partial charge in [-0.1, -0.05) is 36.4 Å². The van der Waals surface area contributed by atoms with Gasteiger partial charge >= 0.3 is 0 Å². The Labute approximate surface area is 175 Å². The highest BCUT2D eigenvalue weighted by Crippen LogP contribution is 2.41. The molecule has 0 aromatic heterocycles. The SMILES string of the molecule is COc1ccc(CCNC(=O)C2CSC(c3ccccc3)N2C(C)=O)cc1OC. The summed E-state index contributed by atoms with van der Waals surface area (Å²) >= 11 is 1.62. The number of amides is 2. The standard InChI is InChI=1S/C22H26N2O4S/c1-15(25)24-18(14-29-22(24)17-7-5-4-6-8-17)21(26)23-12-11-16-9-10-19(27-2)20(13-16)28-3/h4-10,13,18,22H,11-12,14H2,1-3H3,(H,23,26). The van der Waals surface area contributed by atoms with E-state index in [4.69, 9.17) is 9.47 Å². The number of ether oxygens (including phenoxy) is 2. The lowest BCUT2D eigenvalue weighted by molar-refractivity contribution is -0.138. The summed E-state index contributed by atoms with van der Waals surface area (Å²) in [5.41, 5.74) is 2.07. The Kier molecular flexibility index (Phi) is 7.04. The highest BCUT2D eigenvalue weighted by Gasteiger charge is 2.40. The van der Waals surface area contributed by atoms with Gasteiger partial charge in [-0.2, -0.15) is 0 Å². The van der Waals surface area contributed by atoms with E-state index in [2.05, 4.69) is 5.32 Å². The molecule has 0 spiro atoms. The van der Waals surface area contributed by atoms with Crippen LogP contribution in [0, 0.1) is 0 Å². The number of rotatable bonds is 7. The maximum Gasteiger partial charge on any atom is 0.243 e. The number of nitrogens with zero attached hydrogens (tertiary/aromatic N) is 1. The maximum absolute atomic E-state index is 12.8. The number of thioether (sulfide) groups is 1. The van der Waals surface area contributed by atoms with Crippen LogP contribution < -0.4 is 14.8 Å². The Morgan fingerprint density at radius 2 is 1.83 bits per heavy atom. The van der Waals surface area contributed by atoms with Crippen molar-refractivity contribution in [2.24, 2.45) is 0 Å². The average Bonchev–Trinajstić information content (AvgIpc) is 3.20. The minimum Gasteiger partial charge on any atom is -0.493 e. The fraction of sp³-hybridized carbons (Fsp3) is 0.364. The van der Waals surface area contributed by atoms with Crippen LogP contribution in [0.25, 0.3) is 0 Å². The zero-order chi connectivity index (χ0) is 20.8. The third-order valence-electron chi connectivity index (χ3n) is 4.91. The predicted molar refractivity (Wildman–Crippen MR) is 114 cm³/mol. The monoisotopic (exact) mass is 414 g/mol. The van der Waals surface area contributed by atoms with Gasteiger partial charge in [0.25, 0.3) is 0 Å². The molecule has 2 unspecified atom stereocenters. The topological polar surface area (TPSA) is 67.9 Å². The average molecular weight is 415 g/mol. The van der Waals surface area contributed by atoms with Crippen LogP contribution in [-0.2, 0) is 16.0 Å². The molecule has 1 aliphatic rings. The summed E-state index contributed by atoms with van der Waals surface area (Å²) in [5.74, 6) is 1.71. The van der Waals surface area contributed by atoms with Crippen LogP contribution in [0.5, 0.6) is 11.5 Å². The lowest BCUT2D eigenvalue weighted by atomic mass is 10.1. The van der Waals surface area contributed by atoms with E-state index in [1.807, 2.05) is 48.5 Å². The van der Waals surface area contributed by atoms with Crippen molar-refractivity contribution in [1.29, 1.82) is 0 Å². The van der Waals surface area contributed by atoms with Gasteiger partial charge in [0.1, 0.15) is 11.4 Å². The summed E-state index contributed by atoms with van der Waals surface area (Å²) in [6.45, 7) is 2.00. The van der Waals surface area contributed by atoms with E-state index in [9.17, 15) is 9.59 Å². The number of benzene rings is 2. The van der Waals surface area contributed by atoms with Crippen molar-refractivity contribution in [3.63, 3.8) is 0 Å². The van der Waals surface area contributed by atoms with Gasteiger partial charge in [0.05, 0.1) is 14.2 Å². The molecule has 0 bridgehead atoms. The molecule has 3 rings (SSSR count). The highest BCUT2D eigenvalue weighted by atomic mass is 32.2. The Morgan fingerprint density at radius 3 is 2.48 bits per heavy atom. The molecule has 2 aromatic carbocycles. The molecule has 2 amide bonds. The van der Waals surface area contributed by atoms with Gasteiger partial charge < -0.3 is 19.7 Å². The number of carbonyl (C=O) groups excluding carboxylic acids is 2. The number of methoxy groups -OCH3 is 2. The van der Waals surface area contributed by atoms with E-state index in [0.717, 1.165) is 11.1 Å². The van der Waals surface area contributed by atoms with Crippen LogP contribution in [-0.4, -0.2) is 49.3 Å². The van der Waals surface area contributed by atoms with Crippen molar-refractivity contribution in [2.45, 2.75) is 24.8 Å². The van der Waals surface area contributed by atoms with Gasteiger partial charge in [0, 0.05) is 19.2 Å². The van der Waals surface area contributed by atoms with E-state index in [0.29, 0.717) is 30.2 Å². The summed E-state index contributed by atoms with van der Waals surface area (Å²) in [5, 5.41) is 2.85. The second-order valence-electron chi connectivity index (χ2n) is 6.77. The summed E-state index contributed by atoms with van der Waals surface area (Å²) < 4.78 is 10.6. The number of hydrogen-bond acceptors (Lipinski definition) is 5. The zero-order valence-corrected chi connectivity index (χ0v) is 17.7. The second kappa shape index (κ2) is 9.69. The Bertz CT molecular complexity index is 859. The fourth-order valence-corrected chi connectivity index (χ4v) is 4.93. The van der Waals surface area contributed by atoms with Gasteiger partial charge in [-0.25, -0.2) is 0 Å². The molecule has 29 heavy (non-hydrogen) atoms. The molecular weight excluding hydrogens is 388 g/mol. The molecule has 7 heteroatoms. The van der Waals surface area contributed by atoms with Gasteiger partial charge in [0.2, 0.25) is 11.8 Å². The van der Waals surface area contributed by atoms with Gasteiger partial charge in [0.15, 0.2) is 11.5 Å². The molecule has 1 fully saturated rings. The first-order valence-corrected chi connectivity index (χ1v) is 10.5. The Balaban J connectivity index is 1.61. The molecular formula is C22H26N2O4S. The first-order chi connectivity index (χ1) is 14.0. The summed E-state index contributed by atoms with van der Waals surface area (Å²) in [4.78, 5) is 26.8. The van der Waals surface area contributed by atoms with Crippen LogP contribution in [0.2, 0.25) is 0 Å². The van der Waals surface area contributed by atoms with E-state index in [1.54, 1.807) is 30.9 Å². The third kappa shape index (κ3) is 4.85. The molecule has 1 N–H and O–H groups in total. The summed E-state index contributed by atoms with van der Waals surface area (Å²) in [7, 11) is 3.20. The van der Waals surface area contributed by atoms with E-state index < -0.39 is 6.04 Å². The molecule has 1 saturated heterocycles. The second-order valence-corrected chi connectivity index (χ2v) is 7.88. The molecule has 0 aliphatic carbocycles. The molecule has 1 aliphatic heterocycles. The lowest BCUT2D eigenvalue weighted by Gasteiger charge is -2.27. The van der Waals surface area contributed by atoms with Gasteiger partial charge in [-0.05, 0) is 29.7 Å². The van der Waals surface area contributed by atoms with Crippen molar-refractivity contribution >= 4 is 23.6 Å². The molecule has 2 atom stereocenters. The Morgan fingerprint density at radius 1 is 1.10 bits per heavy atom. The quantitative estimate of drug-likeness (QED) is 0.754. The highest BCUT2D eigenvalue weighted by molar-refractivity contribution is 7.99. The third-order valence-corrected chi connectivity index (χ3v) is 6.24. The largest absolute Gasteiger partial charge is 0.493 e. The van der Waals surface area contributed by atoms with Crippen molar-refractivity contribution in [1.82, 2.24) is 10.2 Å². The number of nitrogens with one attached hydrogen (secondary N) is 1. The lowest BCUT2D eigenvalue weighted by Crippen LogP contribution is -2.47. The number of hydrogen-bond donors (Lipinski definition) is 1. The molecule has 2 aromatic rings. The van der Waals surface area contributed by atoms with Crippen molar-refractivity contribution in [3.05, 3.63) is 59.7 Å². The smallest absolute Gasteiger partial charge is 0.243 e. The maximum atomic E-state index is 12.8. The first-order valence-electron chi connectivity index (χ1n) is 9.49. The van der Waals surface area contributed by atoms with Crippen LogP contribution in [0.4, 0.5) is 0 Å². The molecule has 154 valence electrons. The Hall–Kier alpha value is -2.67. The molecule has 0 saturated carbocycles. The molecule has 1 heterocycles. The van der Waals surface area contributed by atoms with Gasteiger partial charge in [-0.15, -0.1) is 11.8 Å². The molecule has 0 radical (unpaired) electrons. The minimum atomic E-state index is -0.465. The van der Waals surface area contributed by atoms with Crippen molar-refractivity contribution in [2.75, 3.05) is 26.5 Å². The van der Waals surface area contributed by atoms with Crippen LogP contribution in [0.1, 0.15) is 23.4 Å². The zero-order valence-electron chi connectivity index (χ0n) is 16.9. The predicted octanol–water partition coefficient (Wildman–Crippen LogP) is 3.03. The molecule has 6 nitrogen and oxygen atoms in total. The van der Waals surface area contributed by atoms with Crippen molar-refractivity contribution < 1.29 is 19.1 Å². The van der Waals surface area contributed by atoms with Crippen LogP contribution in [0.15, 0.2) is 48.5 Å². The minimum absolute atomic E-state index is 0.0936. The van der Waals surface area contributed by atoms with Crippen LogP contribution >= 0.6 is 11.8 Å². The summed E-state index contributed by atoms with van der Waals surface area (Å²) in [6, 6.07) is 15.1. The first kappa shape index (κ1) is 21.0. The fourth-order valence-electron chi connectivity index (χ4n) is 3.45. The van der Waals surface area contributed by atoms with E-state index in [-0.39, 0.29) is 17.2 Å². The number of carbonyl (C=O) groups is 2.